The molecule has 1 atom stereocenters. The van der Waals surface area contributed by atoms with E-state index in [0.717, 1.165) is 5.56 Å². The highest BCUT2D eigenvalue weighted by molar-refractivity contribution is 6.30. The number of carbonyl (C=O) groups excluding carboxylic acids is 2. The highest BCUT2D eigenvalue weighted by Gasteiger charge is 2.37. The molecule has 1 unspecified atom stereocenters. The molecule has 2 aromatic rings. The van der Waals surface area contributed by atoms with Crippen molar-refractivity contribution in [2.24, 2.45) is 0 Å². The summed E-state index contributed by atoms with van der Waals surface area (Å²) >= 11 is 6.00. The van der Waals surface area contributed by atoms with E-state index >= 15 is 0 Å². The topological polar surface area (TPSA) is 99.0 Å². The van der Waals surface area contributed by atoms with Crippen LogP contribution in [0.1, 0.15) is 30.4 Å². The molecule has 1 aliphatic rings. The minimum absolute atomic E-state index is 0.0313. The van der Waals surface area contributed by atoms with Crippen molar-refractivity contribution in [3.63, 3.8) is 0 Å². The Kier molecular flexibility index (Phi) is 7.61. The van der Waals surface area contributed by atoms with Crippen LogP contribution in [-0.2, 0) is 25.6 Å². The van der Waals surface area contributed by atoms with Gasteiger partial charge < -0.3 is 14.4 Å². The molecule has 0 aromatic heterocycles. The highest BCUT2D eigenvalue weighted by Crippen LogP contribution is 2.38. The van der Waals surface area contributed by atoms with Gasteiger partial charge in [-0.25, -0.2) is 4.79 Å². The number of methoxy groups -OCH3 is 1. The summed E-state index contributed by atoms with van der Waals surface area (Å²) < 4.78 is 10.3. The summed E-state index contributed by atoms with van der Waals surface area (Å²) in [5.41, 5.74) is 2.35. The summed E-state index contributed by atoms with van der Waals surface area (Å²) in [6.45, 7) is 2.24. The van der Waals surface area contributed by atoms with Crippen molar-refractivity contribution in [3.05, 3.63) is 86.1 Å². The van der Waals surface area contributed by atoms with Crippen LogP contribution in [0.3, 0.4) is 0 Å². The van der Waals surface area contributed by atoms with Crippen molar-refractivity contribution in [1.82, 2.24) is 4.90 Å². The van der Waals surface area contributed by atoms with Crippen LogP contribution in [0.5, 0.6) is 0 Å². The number of hydrogen-bond acceptors (Lipinski definition) is 6. The second-order valence-electron chi connectivity index (χ2n) is 7.34. The van der Waals surface area contributed by atoms with Gasteiger partial charge in [0, 0.05) is 42.3 Å². The molecule has 0 fully saturated rings. The maximum atomic E-state index is 13.0. The highest BCUT2D eigenvalue weighted by atomic mass is 35.5. The number of halogens is 1. The quantitative estimate of drug-likeness (QED) is 0.254. The van der Waals surface area contributed by atoms with E-state index < -0.39 is 16.8 Å². The molecule has 9 heteroatoms. The summed E-state index contributed by atoms with van der Waals surface area (Å²) in [4.78, 5) is 38.0. The van der Waals surface area contributed by atoms with Gasteiger partial charge in [-0.05, 0) is 30.2 Å². The molecule has 1 amide bonds. The molecule has 0 N–H and O–H groups in total. The van der Waals surface area contributed by atoms with Gasteiger partial charge in [0.25, 0.3) is 5.69 Å². The second kappa shape index (κ2) is 10.4. The Morgan fingerprint density at radius 3 is 2.41 bits per heavy atom. The molecular weight excluding hydrogens is 436 g/mol. The van der Waals surface area contributed by atoms with Gasteiger partial charge in [0.15, 0.2) is 0 Å². The molecule has 1 aliphatic heterocycles. The van der Waals surface area contributed by atoms with Crippen LogP contribution in [0.4, 0.5) is 5.69 Å². The first-order valence-corrected chi connectivity index (χ1v) is 10.4. The lowest BCUT2D eigenvalue weighted by Gasteiger charge is -2.34. The Balaban J connectivity index is 1.95. The van der Waals surface area contributed by atoms with Gasteiger partial charge in [0.1, 0.15) is 6.61 Å². The molecular formula is C23H23ClN2O6. The van der Waals surface area contributed by atoms with E-state index in [1.807, 2.05) is 0 Å². The molecule has 8 nitrogen and oxygen atoms in total. The van der Waals surface area contributed by atoms with Gasteiger partial charge in [-0.3, -0.25) is 14.9 Å². The zero-order valence-corrected chi connectivity index (χ0v) is 18.5. The van der Waals surface area contributed by atoms with E-state index in [9.17, 15) is 19.7 Å². The molecule has 0 bridgehead atoms. The molecule has 0 radical (unpaired) electrons. The van der Waals surface area contributed by atoms with Crippen molar-refractivity contribution < 1.29 is 24.0 Å². The normalized spacial score (nSPS) is 16.3. The van der Waals surface area contributed by atoms with Crippen molar-refractivity contribution in [1.29, 1.82) is 0 Å². The zero-order valence-electron chi connectivity index (χ0n) is 17.7. The smallest absolute Gasteiger partial charge is 0.336 e. The number of nitro benzene ring substituents is 1. The van der Waals surface area contributed by atoms with Gasteiger partial charge in [-0.2, -0.15) is 0 Å². The number of hydrogen-bond donors (Lipinski definition) is 0. The van der Waals surface area contributed by atoms with Crippen LogP contribution in [0.25, 0.3) is 0 Å². The lowest BCUT2D eigenvalue weighted by Crippen LogP contribution is -2.38. The minimum atomic E-state index is -0.513. The molecule has 1 heterocycles. The standard InChI is InChI=1S/C23H23ClN2O6/c1-15-22(23(28)32-12-11-31-2)20(17-5-7-18(24)8-6-17)13-21(27)25(15)14-16-3-9-19(10-4-16)26(29)30/h3-10,20H,11-14H2,1-2H3. The number of benzene rings is 2. The van der Waals surface area contributed by atoms with Crippen molar-refractivity contribution >= 4 is 29.2 Å². The first-order valence-electron chi connectivity index (χ1n) is 9.97. The fraction of sp³-hybridized carbons (Fsp3) is 0.304. The van der Waals surface area contributed by atoms with E-state index in [2.05, 4.69) is 0 Å². The number of carbonyl (C=O) groups is 2. The van der Waals surface area contributed by atoms with Crippen molar-refractivity contribution in [2.45, 2.75) is 25.8 Å². The molecule has 0 saturated carbocycles. The number of esters is 1. The number of ether oxygens (including phenoxy) is 2. The molecule has 168 valence electrons. The van der Waals surface area contributed by atoms with E-state index in [1.165, 1.54) is 24.1 Å². The van der Waals surface area contributed by atoms with Gasteiger partial charge in [-0.1, -0.05) is 35.9 Å². The Morgan fingerprint density at radius 1 is 1.16 bits per heavy atom. The first-order chi connectivity index (χ1) is 15.3. The number of rotatable bonds is 8. The number of nitro groups is 1. The SMILES string of the molecule is COCCOC(=O)C1=C(C)N(Cc2ccc([N+](=O)[O-])cc2)C(=O)CC1c1ccc(Cl)cc1. The van der Waals surface area contributed by atoms with Crippen LogP contribution in [-0.4, -0.2) is 42.0 Å². The Morgan fingerprint density at radius 2 is 1.81 bits per heavy atom. The predicted molar refractivity (Wildman–Crippen MR) is 118 cm³/mol. The van der Waals surface area contributed by atoms with E-state index in [4.69, 9.17) is 21.1 Å². The monoisotopic (exact) mass is 458 g/mol. The average molecular weight is 459 g/mol. The van der Waals surface area contributed by atoms with Crippen molar-refractivity contribution in [3.8, 4) is 0 Å². The van der Waals surface area contributed by atoms with Crippen LogP contribution < -0.4 is 0 Å². The minimum Gasteiger partial charge on any atom is -0.460 e. The summed E-state index contributed by atoms with van der Waals surface area (Å²) in [6, 6.07) is 13.0. The molecule has 0 spiro atoms. The third-order valence-electron chi connectivity index (χ3n) is 5.32. The molecule has 2 aromatic carbocycles. The lowest BCUT2D eigenvalue weighted by molar-refractivity contribution is -0.384. The molecule has 0 saturated heterocycles. The Labute approximate surface area is 190 Å². The van der Waals surface area contributed by atoms with Crippen LogP contribution in [0.15, 0.2) is 59.8 Å². The number of non-ortho nitro benzene ring substituents is 1. The molecule has 32 heavy (non-hydrogen) atoms. The summed E-state index contributed by atoms with van der Waals surface area (Å²) in [5, 5.41) is 11.4. The maximum Gasteiger partial charge on any atom is 0.336 e. The number of amides is 1. The fourth-order valence-corrected chi connectivity index (χ4v) is 3.77. The third-order valence-corrected chi connectivity index (χ3v) is 5.58. The summed E-state index contributed by atoms with van der Waals surface area (Å²) in [6.07, 6.45) is 0.0840. The van der Waals surface area contributed by atoms with Gasteiger partial charge in [0.05, 0.1) is 23.6 Å². The largest absolute Gasteiger partial charge is 0.460 e. The maximum absolute atomic E-state index is 13.0. The zero-order chi connectivity index (χ0) is 23.3. The van der Waals surface area contributed by atoms with Gasteiger partial charge in [0.2, 0.25) is 5.91 Å². The average Bonchev–Trinajstić information content (AvgIpc) is 2.77. The van der Waals surface area contributed by atoms with Crippen LogP contribution >= 0.6 is 11.6 Å². The fourth-order valence-electron chi connectivity index (χ4n) is 3.65. The second-order valence-corrected chi connectivity index (χ2v) is 7.78. The van der Waals surface area contributed by atoms with E-state index in [0.29, 0.717) is 21.9 Å². The Hall–Kier alpha value is -3.23. The van der Waals surface area contributed by atoms with Crippen LogP contribution in [0.2, 0.25) is 5.02 Å². The first kappa shape index (κ1) is 23.4. The summed E-state index contributed by atoms with van der Waals surface area (Å²) in [5.74, 6) is -1.14. The predicted octanol–water partition coefficient (Wildman–Crippen LogP) is 4.23. The lowest BCUT2D eigenvalue weighted by atomic mass is 9.83. The third kappa shape index (κ3) is 5.33. The molecule has 0 aliphatic carbocycles. The summed E-state index contributed by atoms with van der Waals surface area (Å²) in [7, 11) is 1.51. The van der Waals surface area contributed by atoms with Gasteiger partial charge in [-0.15, -0.1) is 0 Å². The van der Waals surface area contributed by atoms with E-state index in [1.54, 1.807) is 43.3 Å². The number of allylic oxidation sites excluding steroid dienone is 1. The van der Waals surface area contributed by atoms with E-state index in [-0.39, 0.29) is 37.8 Å². The number of nitrogens with zero attached hydrogens (tertiary/aromatic N) is 2. The Bertz CT molecular complexity index is 1030. The van der Waals surface area contributed by atoms with Gasteiger partial charge >= 0.3 is 5.97 Å². The molecule has 3 rings (SSSR count). The van der Waals surface area contributed by atoms with Crippen LogP contribution in [0, 0.1) is 10.1 Å². The van der Waals surface area contributed by atoms with Crippen molar-refractivity contribution in [2.75, 3.05) is 20.3 Å².